The molecule has 96 valence electrons. The number of aromatic nitrogens is 2. The lowest BCUT2D eigenvalue weighted by Gasteiger charge is -2.05. The highest BCUT2D eigenvalue weighted by Crippen LogP contribution is 2.26. The van der Waals surface area contributed by atoms with E-state index in [9.17, 15) is 4.39 Å². The fraction of sp³-hybridized carbons (Fsp3) is 0.0714. The van der Waals surface area contributed by atoms with Crippen LogP contribution in [0, 0.1) is 12.7 Å². The number of hydrogen-bond acceptors (Lipinski definition) is 3. The number of hydrogen-bond donors (Lipinski definition) is 1. The third kappa shape index (κ3) is 1.99. The van der Waals surface area contributed by atoms with E-state index >= 15 is 0 Å². The SMILES string of the molecule is Cc1cc(F)ccc1-n1cc(N)c(-c2ccco2)n1. The average Bonchev–Trinajstić information content (AvgIpc) is 2.98. The van der Waals surface area contributed by atoms with E-state index in [0.717, 1.165) is 11.3 Å². The Morgan fingerprint density at radius 2 is 2.16 bits per heavy atom. The number of nitrogens with two attached hydrogens (primary N) is 1. The lowest BCUT2D eigenvalue weighted by Crippen LogP contribution is -1.98. The minimum Gasteiger partial charge on any atom is -0.463 e. The van der Waals surface area contributed by atoms with E-state index in [4.69, 9.17) is 10.2 Å². The Hall–Kier alpha value is -2.56. The molecular weight excluding hydrogens is 245 g/mol. The predicted octanol–water partition coefficient (Wildman–Crippen LogP) is 3.16. The number of nitrogen functional groups attached to an aromatic ring is 1. The van der Waals surface area contributed by atoms with Crippen molar-refractivity contribution in [1.82, 2.24) is 9.78 Å². The first kappa shape index (κ1) is 11.5. The van der Waals surface area contributed by atoms with Crippen LogP contribution in [0.15, 0.2) is 47.2 Å². The standard InChI is InChI=1S/C14H12FN3O/c1-9-7-10(15)4-5-12(9)18-8-11(16)14(17-18)13-3-2-6-19-13/h2-8H,16H2,1H3. The van der Waals surface area contributed by atoms with Gasteiger partial charge in [0.05, 0.1) is 23.8 Å². The van der Waals surface area contributed by atoms with Gasteiger partial charge in [-0.25, -0.2) is 9.07 Å². The van der Waals surface area contributed by atoms with Gasteiger partial charge in [-0.3, -0.25) is 0 Å². The van der Waals surface area contributed by atoms with Gasteiger partial charge in [-0.1, -0.05) is 0 Å². The monoisotopic (exact) mass is 257 g/mol. The molecule has 0 radical (unpaired) electrons. The van der Waals surface area contributed by atoms with Crippen LogP contribution in [-0.2, 0) is 0 Å². The van der Waals surface area contributed by atoms with Gasteiger partial charge in [-0.2, -0.15) is 5.10 Å². The summed E-state index contributed by atoms with van der Waals surface area (Å²) < 4.78 is 20.0. The number of nitrogens with zero attached hydrogens (tertiary/aromatic N) is 2. The molecule has 0 atom stereocenters. The van der Waals surface area contributed by atoms with Crippen LogP contribution < -0.4 is 5.73 Å². The maximum Gasteiger partial charge on any atom is 0.156 e. The number of halogens is 1. The fourth-order valence-electron chi connectivity index (χ4n) is 1.99. The van der Waals surface area contributed by atoms with Crippen LogP contribution in [0.5, 0.6) is 0 Å². The fourth-order valence-corrected chi connectivity index (χ4v) is 1.99. The Kier molecular flexibility index (Phi) is 2.59. The second-order valence-corrected chi connectivity index (χ2v) is 4.29. The molecule has 3 rings (SSSR count). The summed E-state index contributed by atoms with van der Waals surface area (Å²) >= 11 is 0. The van der Waals surface area contributed by atoms with Gasteiger partial charge in [0.15, 0.2) is 11.5 Å². The molecular formula is C14H12FN3O. The van der Waals surface area contributed by atoms with Crippen molar-refractivity contribution in [3.05, 3.63) is 54.2 Å². The lowest BCUT2D eigenvalue weighted by atomic mass is 10.2. The summed E-state index contributed by atoms with van der Waals surface area (Å²) in [6.07, 6.45) is 3.26. The van der Waals surface area contributed by atoms with Crippen molar-refractivity contribution in [3.8, 4) is 17.1 Å². The van der Waals surface area contributed by atoms with Gasteiger partial charge in [0.2, 0.25) is 0 Å². The Balaban J connectivity index is 2.10. The molecule has 0 unspecified atom stereocenters. The highest BCUT2D eigenvalue weighted by Gasteiger charge is 2.13. The molecule has 2 heterocycles. The van der Waals surface area contributed by atoms with Crippen LogP contribution in [0.25, 0.3) is 17.1 Å². The summed E-state index contributed by atoms with van der Waals surface area (Å²) in [6.45, 7) is 1.82. The average molecular weight is 257 g/mol. The summed E-state index contributed by atoms with van der Waals surface area (Å²) in [4.78, 5) is 0. The minimum absolute atomic E-state index is 0.271. The normalized spacial score (nSPS) is 10.8. The van der Waals surface area contributed by atoms with E-state index < -0.39 is 0 Å². The lowest BCUT2D eigenvalue weighted by molar-refractivity contribution is 0.579. The number of furan rings is 1. The predicted molar refractivity (Wildman–Crippen MR) is 70.4 cm³/mol. The molecule has 3 aromatic rings. The number of anilines is 1. The second kappa shape index (κ2) is 4.28. The summed E-state index contributed by atoms with van der Waals surface area (Å²) in [5.41, 5.74) is 8.59. The van der Waals surface area contributed by atoms with Gasteiger partial charge in [0, 0.05) is 0 Å². The van der Waals surface area contributed by atoms with Crippen LogP contribution in [0.3, 0.4) is 0 Å². The van der Waals surface area contributed by atoms with E-state index in [0.29, 0.717) is 17.1 Å². The van der Waals surface area contributed by atoms with Crippen LogP contribution in [0.2, 0.25) is 0 Å². The van der Waals surface area contributed by atoms with E-state index in [2.05, 4.69) is 5.10 Å². The van der Waals surface area contributed by atoms with Gasteiger partial charge in [0.1, 0.15) is 5.82 Å². The topological polar surface area (TPSA) is 57.0 Å². The summed E-state index contributed by atoms with van der Waals surface area (Å²) in [7, 11) is 0. The summed E-state index contributed by atoms with van der Waals surface area (Å²) in [6, 6.07) is 8.09. The van der Waals surface area contributed by atoms with Crippen molar-refractivity contribution in [1.29, 1.82) is 0 Å². The van der Waals surface area contributed by atoms with Crippen molar-refractivity contribution in [2.24, 2.45) is 0 Å². The van der Waals surface area contributed by atoms with Crippen molar-refractivity contribution in [3.63, 3.8) is 0 Å². The van der Waals surface area contributed by atoms with Gasteiger partial charge in [-0.05, 0) is 42.8 Å². The van der Waals surface area contributed by atoms with E-state index in [1.54, 1.807) is 35.3 Å². The molecule has 0 saturated carbocycles. The molecule has 1 aromatic carbocycles. The highest BCUT2D eigenvalue weighted by molar-refractivity contribution is 5.68. The maximum absolute atomic E-state index is 13.1. The zero-order valence-electron chi connectivity index (χ0n) is 10.3. The summed E-state index contributed by atoms with van der Waals surface area (Å²) in [5.74, 6) is 0.337. The van der Waals surface area contributed by atoms with Crippen molar-refractivity contribution < 1.29 is 8.81 Å². The van der Waals surface area contributed by atoms with Crippen molar-refractivity contribution in [2.75, 3.05) is 5.73 Å². The van der Waals surface area contributed by atoms with Crippen LogP contribution >= 0.6 is 0 Å². The van der Waals surface area contributed by atoms with E-state index in [-0.39, 0.29) is 5.82 Å². The number of aryl methyl sites for hydroxylation is 1. The van der Waals surface area contributed by atoms with Crippen LogP contribution in [0.1, 0.15) is 5.56 Å². The van der Waals surface area contributed by atoms with Gasteiger partial charge in [0.25, 0.3) is 0 Å². The molecule has 0 aliphatic carbocycles. The van der Waals surface area contributed by atoms with E-state index in [1.165, 1.54) is 12.1 Å². The molecule has 0 spiro atoms. The summed E-state index contributed by atoms with van der Waals surface area (Å²) in [5, 5.41) is 4.39. The Bertz CT molecular complexity index is 716. The molecule has 2 N–H and O–H groups in total. The minimum atomic E-state index is -0.271. The molecule has 5 heteroatoms. The Morgan fingerprint density at radius 3 is 2.84 bits per heavy atom. The van der Waals surface area contributed by atoms with Crippen molar-refractivity contribution >= 4 is 5.69 Å². The van der Waals surface area contributed by atoms with Crippen LogP contribution in [-0.4, -0.2) is 9.78 Å². The number of rotatable bonds is 2. The zero-order valence-corrected chi connectivity index (χ0v) is 10.3. The van der Waals surface area contributed by atoms with Gasteiger partial charge < -0.3 is 10.2 Å². The molecule has 0 saturated heterocycles. The Morgan fingerprint density at radius 1 is 1.32 bits per heavy atom. The Labute approximate surface area is 109 Å². The molecule has 4 nitrogen and oxygen atoms in total. The first-order valence-corrected chi connectivity index (χ1v) is 5.80. The largest absolute Gasteiger partial charge is 0.463 e. The molecule has 0 bridgehead atoms. The number of benzene rings is 1. The van der Waals surface area contributed by atoms with Crippen LogP contribution in [0.4, 0.5) is 10.1 Å². The van der Waals surface area contributed by atoms with Gasteiger partial charge in [-0.15, -0.1) is 0 Å². The maximum atomic E-state index is 13.1. The first-order chi connectivity index (χ1) is 9.15. The van der Waals surface area contributed by atoms with Crippen molar-refractivity contribution in [2.45, 2.75) is 6.92 Å². The second-order valence-electron chi connectivity index (χ2n) is 4.29. The third-order valence-corrected chi connectivity index (χ3v) is 2.90. The molecule has 0 aliphatic rings. The molecule has 19 heavy (non-hydrogen) atoms. The zero-order chi connectivity index (χ0) is 13.4. The first-order valence-electron chi connectivity index (χ1n) is 5.80. The molecule has 2 aromatic heterocycles. The van der Waals surface area contributed by atoms with Gasteiger partial charge >= 0.3 is 0 Å². The highest BCUT2D eigenvalue weighted by atomic mass is 19.1. The molecule has 0 amide bonds. The third-order valence-electron chi connectivity index (χ3n) is 2.90. The molecule has 0 fully saturated rings. The quantitative estimate of drug-likeness (QED) is 0.767. The molecule has 0 aliphatic heterocycles. The smallest absolute Gasteiger partial charge is 0.156 e. The van der Waals surface area contributed by atoms with E-state index in [1.807, 2.05) is 6.92 Å².